The smallest absolute Gasteiger partial charge is 0.326 e. The van der Waals surface area contributed by atoms with Crippen LogP contribution in [0.5, 0.6) is 5.75 Å². The largest absolute Gasteiger partial charge is 0.494 e. The van der Waals surface area contributed by atoms with Crippen molar-refractivity contribution in [1.29, 1.82) is 0 Å². The van der Waals surface area contributed by atoms with E-state index in [2.05, 4.69) is 0 Å². The van der Waals surface area contributed by atoms with E-state index in [9.17, 15) is 28.8 Å². The highest BCUT2D eigenvalue weighted by molar-refractivity contribution is 6.03. The van der Waals surface area contributed by atoms with Crippen molar-refractivity contribution in [2.75, 3.05) is 32.8 Å². The molecule has 0 radical (unpaired) electrons. The van der Waals surface area contributed by atoms with Crippen molar-refractivity contribution in [1.82, 2.24) is 9.80 Å². The van der Waals surface area contributed by atoms with Crippen LogP contribution in [0.15, 0.2) is 18.2 Å². The maximum Gasteiger partial charge on any atom is 0.326 e. The number of ketones is 3. The molecule has 0 unspecified atom stereocenters. The molecular formula is C27H38N2O8. The Morgan fingerprint density at radius 1 is 0.730 bits per heavy atom. The van der Waals surface area contributed by atoms with E-state index in [0.717, 1.165) is 22.6 Å². The number of ether oxygens (including phenoxy) is 2. The third-order valence-corrected chi connectivity index (χ3v) is 4.72. The molecule has 1 aromatic carbocycles. The zero-order valence-electron chi connectivity index (χ0n) is 22.8. The highest BCUT2D eigenvalue weighted by atomic mass is 16.6. The fourth-order valence-electron chi connectivity index (χ4n) is 3.36. The van der Waals surface area contributed by atoms with E-state index < -0.39 is 29.9 Å². The molecule has 10 nitrogen and oxygen atoms in total. The van der Waals surface area contributed by atoms with Gasteiger partial charge in [0.15, 0.2) is 0 Å². The van der Waals surface area contributed by atoms with Crippen molar-refractivity contribution in [3.8, 4) is 5.75 Å². The highest BCUT2D eigenvalue weighted by Crippen LogP contribution is 2.21. The summed E-state index contributed by atoms with van der Waals surface area (Å²) in [4.78, 5) is 76.6. The van der Waals surface area contributed by atoms with Crippen molar-refractivity contribution in [3.63, 3.8) is 0 Å². The van der Waals surface area contributed by atoms with Crippen molar-refractivity contribution in [3.05, 3.63) is 29.3 Å². The van der Waals surface area contributed by atoms with E-state index in [0.29, 0.717) is 6.61 Å². The van der Waals surface area contributed by atoms with E-state index >= 15 is 0 Å². The lowest BCUT2D eigenvalue weighted by Gasteiger charge is -2.25. The second-order valence-corrected chi connectivity index (χ2v) is 9.96. The molecule has 10 heteroatoms. The van der Waals surface area contributed by atoms with Gasteiger partial charge in [0.1, 0.15) is 35.2 Å². The van der Waals surface area contributed by atoms with Crippen LogP contribution in [0.2, 0.25) is 0 Å². The molecule has 0 fully saturated rings. The monoisotopic (exact) mass is 518 g/mol. The Labute approximate surface area is 218 Å². The second-order valence-electron chi connectivity index (χ2n) is 9.96. The van der Waals surface area contributed by atoms with Gasteiger partial charge in [0.25, 0.3) is 11.8 Å². The normalized spacial score (nSPS) is 10.9. The maximum atomic E-state index is 13.4. The van der Waals surface area contributed by atoms with Gasteiger partial charge in [-0.1, -0.05) is 13.3 Å². The fourth-order valence-corrected chi connectivity index (χ4v) is 3.36. The van der Waals surface area contributed by atoms with Crippen molar-refractivity contribution < 1.29 is 38.2 Å². The van der Waals surface area contributed by atoms with Crippen LogP contribution in [0.3, 0.4) is 0 Å². The van der Waals surface area contributed by atoms with Gasteiger partial charge in [-0.25, -0.2) is 0 Å². The van der Waals surface area contributed by atoms with E-state index in [-0.39, 0.29) is 53.9 Å². The summed E-state index contributed by atoms with van der Waals surface area (Å²) >= 11 is 0. The summed E-state index contributed by atoms with van der Waals surface area (Å²) in [6.07, 6.45) is 1.59. The SMILES string of the molecule is CCCCOc1cc(C(=O)N(CC(C)=O)CC(C)=O)cc(C(=O)N(CC(C)=O)CC(=O)OC(C)(C)C)c1. The molecule has 0 saturated carbocycles. The third-order valence-electron chi connectivity index (χ3n) is 4.72. The van der Waals surface area contributed by atoms with E-state index in [1.165, 1.54) is 39.0 Å². The molecule has 0 spiro atoms. The van der Waals surface area contributed by atoms with Gasteiger partial charge >= 0.3 is 5.97 Å². The lowest BCUT2D eigenvalue weighted by atomic mass is 10.1. The van der Waals surface area contributed by atoms with Gasteiger partial charge in [-0.05, 0) is 66.2 Å². The summed E-state index contributed by atoms with van der Waals surface area (Å²) in [7, 11) is 0. The molecular weight excluding hydrogens is 480 g/mol. The lowest BCUT2D eigenvalue weighted by molar-refractivity contribution is -0.155. The van der Waals surface area contributed by atoms with E-state index in [1.54, 1.807) is 20.8 Å². The molecule has 0 aliphatic heterocycles. The van der Waals surface area contributed by atoms with Gasteiger partial charge in [-0.2, -0.15) is 0 Å². The molecule has 0 bridgehead atoms. The van der Waals surface area contributed by atoms with Gasteiger partial charge in [0.05, 0.1) is 26.2 Å². The Balaban J connectivity index is 3.46. The Hall–Kier alpha value is -3.56. The number of hydrogen-bond donors (Lipinski definition) is 0. The maximum absolute atomic E-state index is 13.4. The number of nitrogens with zero attached hydrogens (tertiary/aromatic N) is 2. The van der Waals surface area contributed by atoms with Crippen LogP contribution in [0.1, 0.15) is 82.0 Å². The first-order valence-electron chi connectivity index (χ1n) is 12.2. The summed E-state index contributed by atoms with van der Waals surface area (Å²) in [6.45, 7) is 9.89. The molecule has 37 heavy (non-hydrogen) atoms. The fraction of sp³-hybridized carbons (Fsp3) is 0.556. The van der Waals surface area contributed by atoms with Crippen LogP contribution >= 0.6 is 0 Å². The summed E-state index contributed by atoms with van der Waals surface area (Å²) in [5.41, 5.74) is -0.751. The molecule has 204 valence electrons. The first kappa shape index (κ1) is 31.5. The minimum Gasteiger partial charge on any atom is -0.494 e. The Kier molecular flexibility index (Phi) is 12.1. The molecule has 0 atom stereocenters. The molecule has 0 aromatic heterocycles. The average Bonchev–Trinajstić information content (AvgIpc) is 2.75. The molecule has 0 N–H and O–H groups in total. The molecule has 0 saturated heterocycles. The lowest BCUT2D eigenvalue weighted by Crippen LogP contribution is -2.41. The third kappa shape index (κ3) is 11.8. The first-order valence-corrected chi connectivity index (χ1v) is 12.2. The topological polar surface area (TPSA) is 127 Å². The number of carbonyl (C=O) groups is 6. The van der Waals surface area contributed by atoms with Crippen LogP contribution in [-0.4, -0.2) is 83.3 Å². The van der Waals surface area contributed by atoms with Crippen LogP contribution in [0, 0.1) is 0 Å². The van der Waals surface area contributed by atoms with Crippen LogP contribution in [0.25, 0.3) is 0 Å². The first-order chi connectivity index (χ1) is 17.1. The van der Waals surface area contributed by atoms with E-state index in [1.807, 2.05) is 6.92 Å². The number of Topliss-reactive ketones (excluding diaryl/α,β-unsaturated/α-hetero) is 3. The number of hydrogen-bond acceptors (Lipinski definition) is 8. The summed E-state index contributed by atoms with van der Waals surface area (Å²) in [5.74, 6) is -2.75. The van der Waals surface area contributed by atoms with Crippen LogP contribution in [0.4, 0.5) is 0 Å². The van der Waals surface area contributed by atoms with E-state index in [4.69, 9.17) is 9.47 Å². The number of carbonyl (C=O) groups excluding carboxylic acids is 6. The number of unbranched alkanes of at least 4 members (excludes halogenated alkanes) is 1. The number of rotatable bonds is 14. The zero-order chi connectivity index (χ0) is 28.3. The van der Waals surface area contributed by atoms with Gasteiger partial charge in [0, 0.05) is 11.1 Å². The molecule has 2 amide bonds. The Morgan fingerprint density at radius 2 is 1.16 bits per heavy atom. The highest BCUT2D eigenvalue weighted by Gasteiger charge is 2.26. The molecule has 1 aromatic rings. The van der Waals surface area contributed by atoms with Crippen LogP contribution < -0.4 is 4.74 Å². The van der Waals surface area contributed by atoms with Gasteiger partial charge in [-0.3, -0.25) is 28.8 Å². The average molecular weight is 519 g/mol. The predicted molar refractivity (Wildman–Crippen MR) is 137 cm³/mol. The molecule has 0 heterocycles. The van der Waals surface area contributed by atoms with Crippen LogP contribution in [-0.2, 0) is 23.9 Å². The molecule has 0 aliphatic carbocycles. The number of amides is 2. The Bertz CT molecular complexity index is 1010. The van der Waals surface area contributed by atoms with Gasteiger partial charge < -0.3 is 19.3 Å². The summed E-state index contributed by atoms with van der Waals surface area (Å²) < 4.78 is 11.0. The second kappa shape index (κ2) is 14.2. The number of benzene rings is 1. The van der Waals surface area contributed by atoms with Crippen molar-refractivity contribution in [2.24, 2.45) is 0 Å². The summed E-state index contributed by atoms with van der Waals surface area (Å²) in [6, 6.07) is 4.16. The van der Waals surface area contributed by atoms with Gasteiger partial charge in [-0.15, -0.1) is 0 Å². The molecule has 0 aliphatic rings. The van der Waals surface area contributed by atoms with Crippen molar-refractivity contribution in [2.45, 2.75) is 66.9 Å². The number of esters is 1. The standard InChI is InChI=1S/C27H38N2O8/c1-8-9-10-36-23-12-21(25(34)28(14-18(2)30)15-19(3)31)11-22(13-23)26(35)29(16-20(4)32)17-24(33)37-27(5,6)7/h11-13H,8-10,14-17H2,1-7H3. The van der Waals surface area contributed by atoms with Crippen molar-refractivity contribution >= 4 is 35.1 Å². The zero-order valence-corrected chi connectivity index (χ0v) is 22.8. The minimum absolute atomic E-state index is 0.00718. The summed E-state index contributed by atoms with van der Waals surface area (Å²) in [5, 5.41) is 0. The quantitative estimate of drug-likeness (QED) is 0.272. The minimum atomic E-state index is -0.786. The van der Waals surface area contributed by atoms with Gasteiger partial charge in [0.2, 0.25) is 0 Å². The Morgan fingerprint density at radius 3 is 1.54 bits per heavy atom. The predicted octanol–water partition coefficient (Wildman–Crippen LogP) is 2.86. The molecule has 1 rings (SSSR count).